The Balaban J connectivity index is 1.83. The molecule has 1 fully saturated rings. The van der Waals surface area contributed by atoms with Gasteiger partial charge in [0.2, 0.25) is 0 Å². The van der Waals surface area contributed by atoms with Gasteiger partial charge in [-0.1, -0.05) is 51.1 Å². The highest BCUT2D eigenvalue weighted by Gasteiger charge is 2.44. The maximum Gasteiger partial charge on any atom is 0.0105 e. The zero-order chi connectivity index (χ0) is 13.0. The standard InChI is InChI=1S/C17H27N/c1-4-16(12-15-8-6-5-7-9-15)18-13-17(10-11-17)14(2)3/h5-9,14,16,18H,4,10-13H2,1-3H3. The lowest BCUT2D eigenvalue weighted by Gasteiger charge is -2.24. The molecule has 1 nitrogen and oxygen atoms in total. The molecule has 1 saturated carbocycles. The van der Waals surface area contributed by atoms with Gasteiger partial charge in [-0.2, -0.15) is 0 Å². The molecule has 0 aliphatic heterocycles. The van der Waals surface area contributed by atoms with Crippen molar-refractivity contribution in [2.75, 3.05) is 6.54 Å². The molecule has 1 N–H and O–H groups in total. The van der Waals surface area contributed by atoms with Gasteiger partial charge in [0.15, 0.2) is 0 Å². The van der Waals surface area contributed by atoms with Crippen molar-refractivity contribution in [1.82, 2.24) is 5.32 Å². The Morgan fingerprint density at radius 2 is 1.83 bits per heavy atom. The first-order valence-corrected chi connectivity index (χ1v) is 7.43. The van der Waals surface area contributed by atoms with Gasteiger partial charge in [0, 0.05) is 12.6 Å². The van der Waals surface area contributed by atoms with Gasteiger partial charge in [-0.3, -0.25) is 0 Å². The van der Waals surface area contributed by atoms with E-state index in [-0.39, 0.29) is 0 Å². The molecule has 1 aromatic rings. The molecule has 1 atom stereocenters. The van der Waals surface area contributed by atoms with Crippen LogP contribution in [0.4, 0.5) is 0 Å². The molecule has 2 rings (SSSR count). The third-order valence-corrected chi connectivity index (χ3v) is 4.68. The van der Waals surface area contributed by atoms with Gasteiger partial charge < -0.3 is 5.32 Å². The van der Waals surface area contributed by atoms with Crippen molar-refractivity contribution in [2.45, 2.75) is 52.5 Å². The van der Waals surface area contributed by atoms with Gasteiger partial charge in [0.25, 0.3) is 0 Å². The van der Waals surface area contributed by atoms with Crippen LogP contribution < -0.4 is 5.32 Å². The average molecular weight is 245 g/mol. The average Bonchev–Trinajstić information content (AvgIpc) is 3.17. The second-order valence-electron chi connectivity index (χ2n) is 6.19. The Labute approximate surface area is 112 Å². The molecule has 1 aliphatic rings. The van der Waals surface area contributed by atoms with Crippen molar-refractivity contribution in [3.05, 3.63) is 35.9 Å². The first-order chi connectivity index (χ1) is 8.66. The summed E-state index contributed by atoms with van der Waals surface area (Å²) in [6.07, 6.45) is 5.20. The normalized spacial score (nSPS) is 18.9. The van der Waals surface area contributed by atoms with E-state index in [4.69, 9.17) is 0 Å². The van der Waals surface area contributed by atoms with Crippen molar-refractivity contribution in [3.63, 3.8) is 0 Å². The SMILES string of the molecule is CCC(Cc1ccccc1)NCC1(C(C)C)CC1. The highest BCUT2D eigenvalue weighted by Crippen LogP contribution is 2.51. The van der Waals surface area contributed by atoms with Crippen molar-refractivity contribution >= 4 is 0 Å². The number of hydrogen-bond acceptors (Lipinski definition) is 1. The maximum absolute atomic E-state index is 3.80. The van der Waals surface area contributed by atoms with Crippen LogP contribution in [0.5, 0.6) is 0 Å². The molecule has 0 heterocycles. The fourth-order valence-electron chi connectivity index (χ4n) is 2.73. The summed E-state index contributed by atoms with van der Waals surface area (Å²) in [6.45, 7) is 8.23. The quantitative estimate of drug-likeness (QED) is 0.764. The summed E-state index contributed by atoms with van der Waals surface area (Å²) in [5, 5.41) is 3.80. The first kappa shape index (κ1) is 13.6. The van der Waals surface area contributed by atoms with Gasteiger partial charge in [0.1, 0.15) is 0 Å². The van der Waals surface area contributed by atoms with E-state index in [2.05, 4.69) is 56.4 Å². The van der Waals surface area contributed by atoms with Crippen LogP contribution in [0.2, 0.25) is 0 Å². The number of benzene rings is 1. The van der Waals surface area contributed by atoms with E-state index in [1.54, 1.807) is 0 Å². The fourth-order valence-corrected chi connectivity index (χ4v) is 2.73. The first-order valence-electron chi connectivity index (χ1n) is 7.43. The Morgan fingerprint density at radius 1 is 1.17 bits per heavy atom. The summed E-state index contributed by atoms with van der Waals surface area (Å²) in [5.41, 5.74) is 2.07. The van der Waals surface area contributed by atoms with Crippen molar-refractivity contribution < 1.29 is 0 Å². The molecule has 1 aliphatic carbocycles. The van der Waals surface area contributed by atoms with E-state index >= 15 is 0 Å². The monoisotopic (exact) mass is 245 g/mol. The van der Waals surface area contributed by atoms with Gasteiger partial charge in [-0.15, -0.1) is 0 Å². The molecule has 0 aromatic heterocycles. The van der Waals surface area contributed by atoms with Gasteiger partial charge in [0.05, 0.1) is 0 Å². The fraction of sp³-hybridized carbons (Fsp3) is 0.647. The Bertz CT molecular complexity index is 351. The van der Waals surface area contributed by atoms with E-state index in [0.717, 1.165) is 12.3 Å². The smallest absolute Gasteiger partial charge is 0.0105 e. The van der Waals surface area contributed by atoms with Crippen LogP contribution in [-0.4, -0.2) is 12.6 Å². The lowest BCUT2D eigenvalue weighted by atomic mass is 9.91. The second-order valence-corrected chi connectivity index (χ2v) is 6.19. The van der Waals surface area contributed by atoms with E-state index in [9.17, 15) is 0 Å². The van der Waals surface area contributed by atoms with E-state index in [1.165, 1.54) is 31.4 Å². The highest BCUT2D eigenvalue weighted by molar-refractivity contribution is 5.16. The molecular formula is C17H27N. The lowest BCUT2D eigenvalue weighted by molar-refractivity contribution is 0.316. The number of rotatable bonds is 7. The van der Waals surface area contributed by atoms with Crippen LogP contribution in [0.1, 0.15) is 45.6 Å². The summed E-state index contributed by atoms with van der Waals surface area (Å²) >= 11 is 0. The molecule has 1 heteroatoms. The zero-order valence-electron chi connectivity index (χ0n) is 12.1. The number of nitrogens with one attached hydrogen (secondary N) is 1. The molecule has 0 saturated heterocycles. The molecule has 0 amide bonds. The van der Waals surface area contributed by atoms with E-state index in [0.29, 0.717) is 11.5 Å². The van der Waals surface area contributed by atoms with Crippen LogP contribution in [0.3, 0.4) is 0 Å². The second kappa shape index (κ2) is 5.88. The van der Waals surface area contributed by atoms with Crippen LogP contribution >= 0.6 is 0 Å². The zero-order valence-corrected chi connectivity index (χ0v) is 12.1. The van der Waals surface area contributed by atoms with E-state index < -0.39 is 0 Å². The largest absolute Gasteiger partial charge is 0.313 e. The number of hydrogen-bond donors (Lipinski definition) is 1. The summed E-state index contributed by atoms with van der Waals surface area (Å²) in [4.78, 5) is 0. The van der Waals surface area contributed by atoms with Crippen LogP contribution in [0, 0.1) is 11.3 Å². The highest BCUT2D eigenvalue weighted by atomic mass is 14.9. The summed E-state index contributed by atoms with van der Waals surface area (Å²) in [5.74, 6) is 0.819. The minimum atomic E-state index is 0.615. The Morgan fingerprint density at radius 3 is 2.33 bits per heavy atom. The topological polar surface area (TPSA) is 12.0 Å². The van der Waals surface area contributed by atoms with Gasteiger partial charge >= 0.3 is 0 Å². The molecule has 0 bridgehead atoms. The minimum Gasteiger partial charge on any atom is -0.313 e. The van der Waals surface area contributed by atoms with Crippen molar-refractivity contribution in [2.24, 2.45) is 11.3 Å². The lowest BCUT2D eigenvalue weighted by Crippen LogP contribution is -2.36. The third kappa shape index (κ3) is 3.35. The molecule has 18 heavy (non-hydrogen) atoms. The van der Waals surface area contributed by atoms with Gasteiger partial charge in [-0.05, 0) is 42.6 Å². The van der Waals surface area contributed by atoms with Crippen molar-refractivity contribution in [1.29, 1.82) is 0 Å². The predicted octanol–water partition coefficient (Wildman–Crippen LogP) is 4.03. The predicted molar refractivity (Wildman–Crippen MR) is 78.7 cm³/mol. The third-order valence-electron chi connectivity index (χ3n) is 4.68. The molecule has 100 valence electrons. The van der Waals surface area contributed by atoms with Crippen LogP contribution in [0.25, 0.3) is 0 Å². The van der Waals surface area contributed by atoms with Crippen LogP contribution in [0.15, 0.2) is 30.3 Å². The summed E-state index contributed by atoms with van der Waals surface area (Å²) < 4.78 is 0. The van der Waals surface area contributed by atoms with Crippen LogP contribution in [-0.2, 0) is 6.42 Å². The molecule has 1 aromatic carbocycles. The minimum absolute atomic E-state index is 0.615. The molecular weight excluding hydrogens is 218 g/mol. The molecule has 1 unspecified atom stereocenters. The Hall–Kier alpha value is -0.820. The van der Waals surface area contributed by atoms with Crippen molar-refractivity contribution in [3.8, 4) is 0 Å². The summed E-state index contributed by atoms with van der Waals surface area (Å²) in [6, 6.07) is 11.5. The van der Waals surface area contributed by atoms with E-state index in [1.807, 2.05) is 0 Å². The van der Waals surface area contributed by atoms with Gasteiger partial charge in [-0.25, -0.2) is 0 Å². The summed E-state index contributed by atoms with van der Waals surface area (Å²) in [7, 11) is 0. The molecule has 0 radical (unpaired) electrons. The maximum atomic E-state index is 3.80. The molecule has 0 spiro atoms. The Kier molecular flexibility index (Phi) is 4.45.